The summed E-state index contributed by atoms with van der Waals surface area (Å²) < 4.78 is 0. The Morgan fingerprint density at radius 3 is 1.47 bits per heavy atom. The number of halogens is 1. The van der Waals surface area contributed by atoms with E-state index in [1.54, 1.807) is 0 Å². The van der Waals surface area contributed by atoms with Crippen LogP contribution in [0.2, 0.25) is 0 Å². The highest BCUT2D eigenvalue weighted by Gasteiger charge is 2.19. The summed E-state index contributed by atoms with van der Waals surface area (Å²) in [6, 6.07) is 21.8. The van der Waals surface area contributed by atoms with Gasteiger partial charge in [-0.3, -0.25) is 0 Å². The average Bonchev–Trinajstić information content (AvgIpc) is 2.68. The molecule has 0 unspecified atom stereocenters. The normalized spacial score (nSPS) is 11.1. The Morgan fingerprint density at radius 2 is 0.941 bits per heavy atom. The molecule has 4 rings (SSSR count). The molecule has 0 spiro atoms. The molecule has 3 aromatic carbocycles. The number of rotatable bonds is 0. The van der Waals surface area contributed by atoms with Crippen LogP contribution in [-0.4, -0.2) is 0 Å². The van der Waals surface area contributed by atoms with Crippen molar-refractivity contribution in [3.05, 3.63) is 60.7 Å². The summed E-state index contributed by atoms with van der Waals surface area (Å²) in [5.74, 6) is 0. The van der Waals surface area contributed by atoms with Gasteiger partial charge in [-0.15, -0.1) is 24.0 Å². The van der Waals surface area contributed by atoms with Crippen LogP contribution in [0.1, 0.15) is 0 Å². The Morgan fingerprint density at radius 1 is 0.471 bits per heavy atom. The minimum Gasteiger partial charge on any atom is -0.107 e. The van der Waals surface area contributed by atoms with Crippen LogP contribution in [0.5, 0.6) is 0 Å². The van der Waals surface area contributed by atoms with Crippen molar-refractivity contribution in [3.8, 4) is 22.3 Å². The van der Waals surface area contributed by atoms with Crippen molar-refractivity contribution in [2.24, 2.45) is 0 Å². The van der Waals surface area contributed by atoms with Crippen LogP contribution in [0.25, 0.3) is 33.0 Å². The molecule has 1 aliphatic carbocycles. The second-order valence-electron chi connectivity index (χ2n) is 4.25. The Balaban J connectivity index is 0.000000902. The topological polar surface area (TPSA) is 0 Å². The Bertz CT molecular complexity index is 656. The van der Waals surface area contributed by atoms with Crippen molar-refractivity contribution >= 4 is 34.7 Å². The van der Waals surface area contributed by atoms with Crippen molar-refractivity contribution < 1.29 is 0 Å². The molecular weight excluding hydrogens is 319 g/mol. The SMILES string of the molecule is I.c1ccc2c(c1)-c1cccc3cccc-2c13. The number of fused-ring (bicyclic) bond motifs is 3. The van der Waals surface area contributed by atoms with Crippen LogP contribution in [0, 0.1) is 0 Å². The number of hydrogen-bond donors (Lipinski definition) is 0. The van der Waals surface area contributed by atoms with Crippen LogP contribution in [0.15, 0.2) is 60.7 Å². The maximum Gasteiger partial charge on any atom is -0.00264 e. The lowest BCUT2D eigenvalue weighted by Gasteiger charge is -2.00. The highest BCUT2D eigenvalue weighted by atomic mass is 127. The summed E-state index contributed by atoms with van der Waals surface area (Å²) in [5, 5.41) is 2.75. The molecule has 82 valence electrons. The van der Waals surface area contributed by atoms with Gasteiger partial charge < -0.3 is 0 Å². The molecule has 0 N–H and O–H groups in total. The quantitative estimate of drug-likeness (QED) is 0.393. The van der Waals surface area contributed by atoms with Gasteiger partial charge in [0.15, 0.2) is 0 Å². The minimum absolute atomic E-state index is 0. The Labute approximate surface area is 117 Å². The third-order valence-electron chi connectivity index (χ3n) is 3.41. The van der Waals surface area contributed by atoms with Crippen molar-refractivity contribution in [1.29, 1.82) is 0 Å². The van der Waals surface area contributed by atoms with E-state index >= 15 is 0 Å². The molecule has 0 aromatic heterocycles. The van der Waals surface area contributed by atoms with Gasteiger partial charge in [-0.25, -0.2) is 0 Å². The molecule has 1 heteroatoms. The lowest BCUT2D eigenvalue weighted by Crippen LogP contribution is -1.73. The van der Waals surface area contributed by atoms with Crippen LogP contribution in [-0.2, 0) is 0 Å². The van der Waals surface area contributed by atoms with E-state index in [9.17, 15) is 0 Å². The lowest BCUT2D eigenvalue weighted by atomic mass is 10.0. The van der Waals surface area contributed by atoms with Crippen molar-refractivity contribution in [3.63, 3.8) is 0 Å². The van der Waals surface area contributed by atoms with Crippen molar-refractivity contribution in [2.75, 3.05) is 0 Å². The highest BCUT2D eigenvalue weighted by molar-refractivity contribution is 14.0. The monoisotopic (exact) mass is 330 g/mol. The first-order valence-corrected chi connectivity index (χ1v) is 5.57. The summed E-state index contributed by atoms with van der Waals surface area (Å²) in [4.78, 5) is 0. The van der Waals surface area contributed by atoms with E-state index in [2.05, 4.69) is 60.7 Å². The van der Waals surface area contributed by atoms with Crippen LogP contribution in [0.4, 0.5) is 0 Å². The molecule has 0 amide bonds. The summed E-state index contributed by atoms with van der Waals surface area (Å²) in [6.07, 6.45) is 0. The summed E-state index contributed by atoms with van der Waals surface area (Å²) in [7, 11) is 0. The molecular formula is C16H11I. The second kappa shape index (κ2) is 3.84. The van der Waals surface area contributed by atoms with Gasteiger partial charge in [-0.2, -0.15) is 0 Å². The van der Waals surface area contributed by atoms with Crippen LogP contribution < -0.4 is 0 Å². The molecule has 0 bridgehead atoms. The predicted molar refractivity (Wildman–Crippen MR) is 83.8 cm³/mol. The van der Waals surface area contributed by atoms with Gasteiger partial charge in [-0.1, -0.05) is 60.7 Å². The van der Waals surface area contributed by atoms with Crippen molar-refractivity contribution in [1.82, 2.24) is 0 Å². The van der Waals surface area contributed by atoms with E-state index in [1.165, 1.54) is 33.0 Å². The van der Waals surface area contributed by atoms with E-state index in [0.717, 1.165) is 0 Å². The summed E-state index contributed by atoms with van der Waals surface area (Å²) >= 11 is 0. The zero-order valence-electron chi connectivity index (χ0n) is 9.18. The molecule has 0 radical (unpaired) electrons. The van der Waals surface area contributed by atoms with Crippen LogP contribution in [0.3, 0.4) is 0 Å². The first-order valence-electron chi connectivity index (χ1n) is 5.57. The number of hydrogen-bond acceptors (Lipinski definition) is 0. The molecule has 17 heavy (non-hydrogen) atoms. The van der Waals surface area contributed by atoms with Gasteiger partial charge in [0.25, 0.3) is 0 Å². The molecule has 0 fully saturated rings. The largest absolute Gasteiger partial charge is 0.107 e. The van der Waals surface area contributed by atoms with Crippen LogP contribution >= 0.6 is 24.0 Å². The molecule has 3 aromatic rings. The van der Waals surface area contributed by atoms with Gasteiger partial charge in [0, 0.05) is 0 Å². The zero-order valence-corrected chi connectivity index (χ0v) is 11.5. The fourth-order valence-electron chi connectivity index (χ4n) is 2.74. The molecule has 0 heterocycles. The van der Waals surface area contributed by atoms with E-state index in [0.29, 0.717) is 0 Å². The maximum atomic E-state index is 2.22. The fraction of sp³-hybridized carbons (Fsp3) is 0. The number of benzene rings is 3. The third-order valence-corrected chi connectivity index (χ3v) is 3.41. The molecule has 0 saturated heterocycles. The predicted octanol–water partition coefficient (Wildman–Crippen LogP) is 5.11. The Kier molecular flexibility index (Phi) is 2.44. The van der Waals surface area contributed by atoms with E-state index in [4.69, 9.17) is 0 Å². The molecule has 1 aliphatic rings. The smallest absolute Gasteiger partial charge is 0.00264 e. The molecule has 0 nitrogen and oxygen atoms in total. The fourth-order valence-corrected chi connectivity index (χ4v) is 2.74. The highest BCUT2D eigenvalue weighted by Crippen LogP contribution is 2.46. The standard InChI is InChI=1S/C16H10.HI/c1-2-8-13-12(7-1)14-9-3-5-11-6-4-10-15(13)16(11)14;/h1-10H;1H. The summed E-state index contributed by atoms with van der Waals surface area (Å²) in [6.45, 7) is 0. The third kappa shape index (κ3) is 1.35. The van der Waals surface area contributed by atoms with Crippen molar-refractivity contribution in [2.45, 2.75) is 0 Å². The van der Waals surface area contributed by atoms with Gasteiger partial charge in [0.2, 0.25) is 0 Å². The Hall–Kier alpha value is -1.35. The van der Waals surface area contributed by atoms with Gasteiger partial charge in [0.05, 0.1) is 0 Å². The van der Waals surface area contributed by atoms with Gasteiger partial charge in [-0.05, 0) is 33.0 Å². The molecule has 0 atom stereocenters. The molecule has 0 aliphatic heterocycles. The van der Waals surface area contributed by atoms with E-state index in [1.807, 2.05) is 0 Å². The molecule has 0 saturated carbocycles. The average molecular weight is 330 g/mol. The zero-order chi connectivity index (χ0) is 10.5. The van der Waals surface area contributed by atoms with E-state index < -0.39 is 0 Å². The van der Waals surface area contributed by atoms with E-state index in [-0.39, 0.29) is 24.0 Å². The maximum absolute atomic E-state index is 2.22. The minimum atomic E-state index is 0. The lowest BCUT2D eigenvalue weighted by molar-refractivity contribution is 1.70. The first-order chi connectivity index (χ1) is 7.95. The first kappa shape index (κ1) is 10.8. The summed E-state index contributed by atoms with van der Waals surface area (Å²) in [5.41, 5.74) is 5.50. The van der Waals surface area contributed by atoms with Gasteiger partial charge in [0.1, 0.15) is 0 Å². The van der Waals surface area contributed by atoms with Gasteiger partial charge >= 0.3 is 0 Å². The second-order valence-corrected chi connectivity index (χ2v) is 4.25.